The highest BCUT2D eigenvalue weighted by Gasteiger charge is 1.96. The van der Waals surface area contributed by atoms with Crippen LogP contribution in [0.2, 0.25) is 5.02 Å². The fourth-order valence-corrected chi connectivity index (χ4v) is 1.67. The van der Waals surface area contributed by atoms with Gasteiger partial charge >= 0.3 is 0 Å². The SMILES string of the molecule is NCc1ccc(CNc2cccc(Cl)c2)cn1. The molecule has 0 amide bonds. The van der Waals surface area contributed by atoms with E-state index in [0.717, 1.165) is 28.5 Å². The zero-order valence-electron chi connectivity index (χ0n) is 9.36. The lowest BCUT2D eigenvalue weighted by molar-refractivity contribution is 0.973. The lowest BCUT2D eigenvalue weighted by Crippen LogP contribution is -2.02. The van der Waals surface area contributed by atoms with E-state index in [-0.39, 0.29) is 0 Å². The number of rotatable bonds is 4. The molecule has 88 valence electrons. The Labute approximate surface area is 106 Å². The lowest BCUT2D eigenvalue weighted by atomic mass is 10.2. The normalized spacial score (nSPS) is 10.2. The van der Waals surface area contributed by atoms with E-state index in [4.69, 9.17) is 17.3 Å². The number of nitrogens with one attached hydrogen (secondary N) is 1. The van der Waals surface area contributed by atoms with Crippen LogP contribution in [-0.4, -0.2) is 4.98 Å². The maximum absolute atomic E-state index is 5.90. The molecule has 0 fully saturated rings. The molecule has 1 aromatic heterocycles. The van der Waals surface area contributed by atoms with Gasteiger partial charge in [-0.05, 0) is 29.8 Å². The van der Waals surface area contributed by atoms with Crippen molar-refractivity contribution in [1.29, 1.82) is 0 Å². The van der Waals surface area contributed by atoms with Crippen LogP contribution in [-0.2, 0) is 13.1 Å². The number of benzene rings is 1. The Morgan fingerprint density at radius 3 is 2.76 bits per heavy atom. The van der Waals surface area contributed by atoms with Crippen molar-refractivity contribution in [3.05, 3.63) is 58.9 Å². The van der Waals surface area contributed by atoms with Crippen LogP contribution >= 0.6 is 11.6 Å². The fourth-order valence-electron chi connectivity index (χ4n) is 1.48. The molecule has 0 spiro atoms. The first kappa shape index (κ1) is 11.9. The van der Waals surface area contributed by atoms with Crippen molar-refractivity contribution >= 4 is 17.3 Å². The monoisotopic (exact) mass is 247 g/mol. The van der Waals surface area contributed by atoms with Gasteiger partial charge in [0.25, 0.3) is 0 Å². The van der Waals surface area contributed by atoms with Crippen LogP contribution in [0.1, 0.15) is 11.3 Å². The molecule has 4 heteroatoms. The maximum Gasteiger partial charge on any atom is 0.0539 e. The van der Waals surface area contributed by atoms with Gasteiger partial charge in [-0.1, -0.05) is 23.7 Å². The van der Waals surface area contributed by atoms with E-state index in [2.05, 4.69) is 10.3 Å². The van der Waals surface area contributed by atoms with Crippen LogP contribution in [0, 0.1) is 0 Å². The Morgan fingerprint density at radius 1 is 1.24 bits per heavy atom. The first-order chi connectivity index (χ1) is 8.28. The van der Waals surface area contributed by atoms with E-state index < -0.39 is 0 Å². The second kappa shape index (κ2) is 5.66. The highest BCUT2D eigenvalue weighted by atomic mass is 35.5. The van der Waals surface area contributed by atoms with Crippen LogP contribution in [0.5, 0.6) is 0 Å². The second-order valence-electron chi connectivity index (χ2n) is 3.73. The lowest BCUT2D eigenvalue weighted by Gasteiger charge is -2.07. The fraction of sp³-hybridized carbons (Fsp3) is 0.154. The van der Waals surface area contributed by atoms with Crippen molar-refractivity contribution in [2.45, 2.75) is 13.1 Å². The third kappa shape index (κ3) is 3.44. The number of hydrogen-bond acceptors (Lipinski definition) is 3. The van der Waals surface area contributed by atoms with Gasteiger partial charge in [0, 0.05) is 30.0 Å². The molecule has 0 aliphatic heterocycles. The summed E-state index contributed by atoms with van der Waals surface area (Å²) in [5.74, 6) is 0. The summed E-state index contributed by atoms with van der Waals surface area (Å²) in [7, 11) is 0. The maximum atomic E-state index is 5.90. The average molecular weight is 248 g/mol. The minimum Gasteiger partial charge on any atom is -0.381 e. The summed E-state index contributed by atoms with van der Waals surface area (Å²) >= 11 is 5.90. The van der Waals surface area contributed by atoms with Gasteiger partial charge in [0.05, 0.1) is 5.69 Å². The molecule has 3 nitrogen and oxygen atoms in total. The molecular weight excluding hydrogens is 234 g/mol. The van der Waals surface area contributed by atoms with E-state index in [1.165, 1.54) is 0 Å². The van der Waals surface area contributed by atoms with E-state index in [1.54, 1.807) is 0 Å². The van der Waals surface area contributed by atoms with Crippen molar-refractivity contribution in [3.8, 4) is 0 Å². The standard InChI is InChI=1S/C13H14ClN3/c14-11-2-1-3-12(6-11)16-8-10-4-5-13(7-15)17-9-10/h1-6,9,16H,7-8,15H2. The highest BCUT2D eigenvalue weighted by molar-refractivity contribution is 6.30. The molecule has 0 saturated heterocycles. The highest BCUT2D eigenvalue weighted by Crippen LogP contribution is 2.15. The van der Waals surface area contributed by atoms with Gasteiger partial charge in [0.1, 0.15) is 0 Å². The molecule has 17 heavy (non-hydrogen) atoms. The van der Waals surface area contributed by atoms with Crippen molar-refractivity contribution in [2.24, 2.45) is 5.73 Å². The van der Waals surface area contributed by atoms with Crippen LogP contribution < -0.4 is 11.1 Å². The number of pyridine rings is 1. The number of nitrogens with two attached hydrogens (primary N) is 1. The Hall–Kier alpha value is -1.58. The predicted molar refractivity (Wildman–Crippen MR) is 70.9 cm³/mol. The van der Waals surface area contributed by atoms with Crippen molar-refractivity contribution in [1.82, 2.24) is 4.98 Å². The van der Waals surface area contributed by atoms with Gasteiger partial charge in [-0.2, -0.15) is 0 Å². The van der Waals surface area contributed by atoms with Crippen LogP contribution in [0.3, 0.4) is 0 Å². The quantitative estimate of drug-likeness (QED) is 0.874. The molecule has 0 unspecified atom stereocenters. The molecule has 0 aliphatic carbocycles. The van der Waals surface area contributed by atoms with Gasteiger partial charge in [-0.3, -0.25) is 4.98 Å². The zero-order chi connectivity index (χ0) is 12.1. The average Bonchev–Trinajstić information content (AvgIpc) is 2.37. The van der Waals surface area contributed by atoms with Crippen molar-refractivity contribution in [2.75, 3.05) is 5.32 Å². The largest absolute Gasteiger partial charge is 0.381 e. The van der Waals surface area contributed by atoms with Gasteiger partial charge in [0.15, 0.2) is 0 Å². The minimum atomic E-state index is 0.474. The van der Waals surface area contributed by atoms with E-state index in [0.29, 0.717) is 6.54 Å². The third-order valence-electron chi connectivity index (χ3n) is 2.42. The van der Waals surface area contributed by atoms with Gasteiger partial charge in [0.2, 0.25) is 0 Å². The molecule has 0 atom stereocenters. The molecule has 0 aliphatic rings. The van der Waals surface area contributed by atoms with E-state index >= 15 is 0 Å². The number of hydrogen-bond donors (Lipinski definition) is 2. The van der Waals surface area contributed by atoms with Crippen molar-refractivity contribution < 1.29 is 0 Å². The number of nitrogens with zero attached hydrogens (tertiary/aromatic N) is 1. The molecular formula is C13H14ClN3. The first-order valence-electron chi connectivity index (χ1n) is 5.41. The summed E-state index contributed by atoms with van der Waals surface area (Å²) in [5, 5.41) is 4.01. The Kier molecular flexibility index (Phi) is 3.96. The molecule has 0 bridgehead atoms. The Balaban J connectivity index is 1.97. The topological polar surface area (TPSA) is 50.9 Å². The summed E-state index contributed by atoms with van der Waals surface area (Å²) in [4.78, 5) is 4.24. The summed E-state index contributed by atoms with van der Waals surface area (Å²) < 4.78 is 0. The molecule has 3 N–H and O–H groups in total. The number of halogens is 1. The smallest absolute Gasteiger partial charge is 0.0539 e. The van der Waals surface area contributed by atoms with Crippen LogP contribution in [0.4, 0.5) is 5.69 Å². The summed E-state index contributed by atoms with van der Waals surface area (Å²) in [6.45, 7) is 1.19. The molecule has 1 heterocycles. The predicted octanol–water partition coefficient (Wildman–Crippen LogP) is 2.81. The van der Waals surface area contributed by atoms with Gasteiger partial charge in [-0.25, -0.2) is 0 Å². The van der Waals surface area contributed by atoms with E-state index in [1.807, 2.05) is 42.6 Å². The molecule has 2 aromatic rings. The van der Waals surface area contributed by atoms with Gasteiger partial charge in [-0.15, -0.1) is 0 Å². The zero-order valence-corrected chi connectivity index (χ0v) is 10.1. The Bertz CT molecular complexity index is 482. The minimum absolute atomic E-state index is 0.474. The summed E-state index contributed by atoms with van der Waals surface area (Å²) in [6, 6.07) is 11.6. The molecule has 0 radical (unpaired) electrons. The van der Waals surface area contributed by atoms with Crippen molar-refractivity contribution in [3.63, 3.8) is 0 Å². The summed E-state index contributed by atoms with van der Waals surface area (Å²) in [6.07, 6.45) is 1.83. The Morgan fingerprint density at radius 2 is 2.12 bits per heavy atom. The summed E-state index contributed by atoms with van der Waals surface area (Å²) in [5.41, 5.74) is 8.50. The molecule has 1 aromatic carbocycles. The van der Waals surface area contributed by atoms with Crippen LogP contribution in [0.25, 0.3) is 0 Å². The number of aromatic nitrogens is 1. The second-order valence-corrected chi connectivity index (χ2v) is 4.16. The van der Waals surface area contributed by atoms with Gasteiger partial charge < -0.3 is 11.1 Å². The molecule has 0 saturated carbocycles. The van der Waals surface area contributed by atoms with Crippen LogP contribution in [0.15, 0.2) is 42.6 Å². The molecule has 2 rings (SSSR count). The first-order valence-corrected chi connectivity index (χ1v) is 5.79. The van der Waals surface area contributed by atoms with E-state index in [9.17, 15) is 0 Å². The number of anilines is 1. The third-order valence-corrected chi connectivity index (χ3v) is 2.65.